The molecule has 1 aliphatic carbocycles. The lowest BCUT2D eigenvalue weighted by atomic mass is 9.81. The summed E-state index contributed by atoms with van der Waals surface area (Å²) in [6, 6.07) is 8.63. The lowest BCUT2D eigenvalue weighted by Gasteiger charge is -2.35. The van der Waals surface area contributed by atoms with Gasteiger partial charge in [0.05, 0.1) is 0 Å². The Bertz CT molecular complexity index is 413. The van der Waals surface area contributed by atoms with E-state index in [1.54, 1.807) is 0 Å². The molecule has 1 aliphatic rings. The zero-order valence-electron chi connectivity index (χ0n) is 12.4. The third kappa shape index (κ3) is 4.78. The summed E-state index contributed by atoms with van der Waals surface area (Å²) in [4.78, 5) is 2.48. The molecule has 1 nitrogen and oxygen atoms in total. The Kier molecular flexibility index (Phi) is 6.44. The van der Waals surface area contributed by atoms with Crippen LogP contribution in [0.5, 0.6) is 0 Å². The predicted octanol–water partition coefficient (Wildman–Crippen LogP) is 5.15. The number of rotatable bonds is 5. The molecule has 1 saturated carbocycles. The summed E-state index contributed by atoms with van der Waals surface area (Å²) < 4.78 is 1.17. The van der Waals surface area contributed by atoms with Gasteiger partial charge in [-0.25, -0.2) is 0 Å². The molecule has 0 spiro atoms. The maximum Gasteiger partial charge on any atom is 0.0231 e. The summed E-state index contributed by atoms with van der Waals surface area (Å²) in [5.74, 6) is 1.02. The molecule has 0 amide bonds. The molecule has 3 heteroatoms. The van der Waals surface area contributed by atoms with Crippen LogP contribution in [0, 0.1) is 5.41 Å². The molecule has 2 rings (SSSR count). The van der Waals surface area contributed by atoms with Crippen LogP contribution in [0.1, 0.15) is 44.1 Å². The fourth-order valence-electron chi connectivity index (χ4n) is 3.42. The van der Waals surface area contributed by atoms with Gasteiger partial charge in [0.2, 0.25) is 0 Å². The van der Waals surface area contributed by atoms with E-state index in [0.717, 1.165) is 12.3 Å². The molecule has 0 radical (unpaired) electrons. The third-order valence-corrected chi connectivity index (χ3v) is 5.61. The van der Waals surface area contributed by atoms with E-state index in [4.69, 9.17) is 0 Å². The summed E-state index contributed by atoms with van der Waals surface area (Å²) >= 11 is 8.23. The Balaban J connectivity index is 1.96. The van der Waals surface area contributed by atoms with Crippen molar-refractivity contribution in [2.24, 2.45) is 5.41 Å². The number of hydrogen-bond donors (Lipinski definition) is 1. The fourth-order valence-corrected chi connectivity index (χ4v) is 4.28. The molecule has 0 unspecified atom stereocenters. The van der Waals surface area contributed by atoms with Gasteiger partial charge in [0.25, 0.3) is 0 Å². The summed E-state index contributed by atoms with van der Waals surface area (Å²) in [5.41, 5.74) is 1.81. The topological polar surface area (TPSA) is 3.24 Å². The Morgan fingerprint density at radius 1 is 1.20 bits per heavy atom. The summed E-state index contributed by atoms with van der Waals surface area (Å²) in [5, 5.41) is 0. The van der Waals surface area contributed by atoms with Crippen LogP contribution in [0.15, 0.2) is 28.7 Å². The van der Waals surface area contributed by atoms with Crippen LogP contribution < -0.4 is 0 Å². The Hall–Kier alpha value is 0.01000. The highest BCUT2D eigenvalue weighted by molar-refractivity contribution is 9.10. The molecule has 0 aliphatic heterocycles. The molecular formula is C17H26BrNS. The quantitative estimate of drug-likeness (QED) is 0.564. The summed E-state index contributed by atoms with van der Waals surface area (Å²) in [7, 11) is 2.25. The van der Waals surface area contributed by atoms with Crippen molar-refractivity contribution in [2.45, 2.75) is 45.1 Å². The van der Waals surface area contributed by atoms with Crippen LogP contribution in [0.25, 0.3) is 0 Å². The van der Waals surface area contributed by atoms with Gasteiger partial charge < -0.3 is 4.90 Å². The zero-order chi connectivity index (χ0) is 14.4. The van der Waals surface area contributed by atoms with Crippen molar-refractivity contribution < 1.29 is 0 Å². The van der Waals surface area contributed by atoms with Crippen molar-refractivity contribution in [2.75, 3.05) is 19.3 Å². The molecule has 0 atom stereocenters. The van der Waals surface area contributed by atoms with E-state index in [-0.39, 0.29) is 0 Å². The molecule has 112 valence electrons. The van der Waals surface area contributed by atoms with Crippen molar-refractivity contribution in [3.8, 4) is 0 Å². The number of hydrogen-bond acceptors (Lipinski definition) is 2. The monoisotopic (exact) mass is 355 g/mol. The molecule has 1 aromatic rings. The number of nitrogens with zero attached hydrogens (tertiary/aromatic N) is 1. The smallest absolute Gasteiger partial charge is 0.0231 e. The molecule has 0 N–H and O–H groups in total. The molecule has 1 fully saturated rings. The Labute approximate surface area is 137 Å². The second kappa shape index (κ2) is 7.86. The SMILES string of the molecule is CN(Cc1cccc(Br)c1)CC1(CS)CCCCCC1. The Morgan fingerprint density at radius 2 is 1.90 bits per heavy atom. The lowest BCUT2D eigenvalue weighted by molar-refractivity contribution is 0.170. The van der Waals surface area contributed by atoms with Crippen LogP contribution in [-0.4, -0.2) is 24.2 Å². The van der Waals surface area contributed by atoms with E-state index < -0.39 is 0 Å². The molecular weight excluding hydrogens is 330 g/mol. The van der Waals surface area contributed by atoms with E-state index in [9.17, 15) is 0 Å². The van der Waals surface area contributed by atoms with Gasteiger partial charge >= 0.3 is 0 Å². The van der Waals surface area contributed by atoms with E-state index in [1.165, 1.54) is 55.1 Å². The zero-order valence-corrected chi connectivity index (χ0v) is 14.9. The van der Waals surface area contributed by atoms with Gasteiger partial charge in [-0.15, -0.1) is 0 Å². The van der Waals surface area contributed by atoms with Gasteiger partial charge in [-0.3, -0.25) is 0 Å². The maximum absolute atomic E-state index is 4.68. The van der Waals surface area contributed by atoms with Crippen molar-refractivity contribution in [3.63, 3.8) is 0 Å². The second-order valence-corrected chi connectivity index (χ2v) is 7.61. The first-order chi connectivity index (χ1) is 9.63. The average molecular weight is 356 g/mol. The first-order valence-corrected chi connectivity index (χ1v) is 9.10. The highest BCUT2D eigenvalue weighted by atomic mass is 79.9. The van der Waals surface area contributed by atoms with Gasteiger partial charge in [0.1, 0.15) is 0 Å². The van der Waals surface area contributed by atoms with Crippen molar-refractivity contribution >= 4 is 28.6 Å². The molecule has 0 bridgehead atoms. The highest BCUT2D eigenvalue weighted by Crippen LogP contribution is 2.36. The predicted molar refractivity (Wildman–Crippen MR) is 94.5 cm³/mol. The van der Waals surface area contributed by atoms with Crippen LogP contribution in [0.3, 0.4) is 0 Å². The minimum atomic E-state index is 0.431. The van der Waals surface area contributed by atoms with E-state index in [2.05, 4.69) is 64.8 Å². The third-order valence-electron chi connectivity index (χ3n) is 4.45. The average Bonchev–Trinajstić information content (AvgIpc) is 2.65. The second-order valence-electron chi connectivity index (χ2n) is 6.37. The van der Waals surface area contributed by atoms with Crippen LogP contribution >= 0.6 is 28.6 Å². The van der Waals surface area contributed by atoms with E-state index >= 15 is 0 Å². The normalized spacial score (nSPS) is 19.0. The standard InChI is InChI=1S/C17H26BrNS/c1-19(12-15-7-6-8-16(18)11-15)13-17(14-20)9-4-2-3-5-10-17/h6-8,11,20H,2-5,9-10,12-14H2,1H3. The molecule has 0 heterocycles. The molecule has 0 aromatic heterocycles. The molecule has 1 aromatic carbocycles. The summed E-state index contributed by atoms with van der Waals surface area (Å²) in [6.07, 6.45) is 8.27. The largest absolute Gasteiger partial charge is 0.302 e. The van der Waals surface area contributed by atoms with Crippen molar-refractivity contribution in [3.05, 3.63) is 34.3 Å². The van der Waals surface area contributed by atoms with Crippen LogP contribution in [-0.2, 0) is 6.54 Å². The lowest BCUT2D eigenvalue weighted by Crippen LogP contribution is -2.36. The van der Waals surface area contributed by atoms with E-state index in [1.807, 2.05) is 0 Å². The summed E-state index contributed by atoms with van der Waals surface area (Å²) in [6.45, 7) is 2.19. The maximum atomic E-state index is 4.68. The Morgan fingerprint density at radius 3 is 2.50 bits per heavy atom. The first kappa shape index (κ1) is 16.4. The minimum Gasteiger partial charge on any atom is -0.302 e. The van der Waals surface area contributed by atoms with Crippen LogP contribution in [0.4, 0.5) is 0 Å². The minimum absolute atomic E-state index is 0.431. The molecule has 20 heavy (non-hydrogen) atoms. The number of halogens is 1. The van der Waals surface area contributed by atoms with Gasteiger partial charge in [0, 0.05) is 17.6 Å². The molecule has 0 saturated heterocycles. The number of benzene rings is 1. The van der Waals surface area contributed by atoms with Gasteiger partial charge in [-0.2, -0.15) is 12.6 Å². The van der Waals surface area contributed by atoms with Crippen molar-refractivity contribution in [1.29, 1.82) is 0 Å². The highest BCUT2D eigenvalue weighted by Gasteiger charge is 2.30. The fraction of sp³-hybridized carbons (Fsp3) is 0.647. The van der Waals surface area contributed by atoms with Gasteiger partial charge in [-0.05, 0) is 48.8 Å². The first-order valence-electron chi connectivity index (χ1n) is 7.67. The van der Waals surface area contributed by atoms with Gasteiger partial charge in [-0.1, -0.05) is 53.7 Å². The van der Waals surface area contributed by atoms with Crippen molar-refractivity contribution in [1.82, 2.24) is 4.90 Å². The number of thiol groups is 1. The van der Waals surface area contributed by atoms with E-state index in [0.29, 0.717) is 5.41 Å². The van der Waals surface area contributed by atoms with Gasteiger partial charge in [0.15, 0.2) is 0 Å². The van der Waals surface area contributed by atoms with Crippen LogP contribution in [0.2, 0.25) is 0 Å².